The van der Waals surface area contributed by atoms with Crippen LogP contribution in [0.3, 0.4) is 0 Å². The standard InChI is InChI=1S/C34H30N3OP/c1-39(2,38)20-8-10-24-9-7-15-29(21-24)32-35-33(30-18-16-25-11-3-5-13-27(25)22-30)37-34(36-32)31-19-17-26-12-4-6-14-28(26)23-31/h3-7,9,11-19,21-23H,8,10,20H2,1-2H3. The minimum absolute atomic E-state index is 0.648. The number of hydrogen-bond acceptors (Lipinski definition) is 4. The molecule has 0 aliphatic carbocycles. The van der Waals surface area contributed by atoms with Crippen molar-refractivity contribution in [1.29, 1.82) is 0 Å². The fourth-order valence-corrected chi connectivity index (χ4v) is 5.87. The molecule has 6 rings (SSSR count). The van der Waals surface area contributed by atoms with Crippen molar-refractivity contribution in [3.05, 3.63) is 115 Å². The van der Waals surface area contributed by atoms with Crippen molar-refractivity contribution in [3.63, 3.8) is 0 Å². The summed E-state index contributed by atoms with van der Waals surface area (Å²) in [5.41, 5.74) is 4.06. The Balaban J connectivity index is 1.45. The quantitative estimate of drug-likeness (QED) is 0.195. The summed E-state index contributed by atoms with van der Waals surface area (Å²) in [6, 6.07) is 37.7. The lowest BCUT2D eigenvalue weighted by atomic mass is 10.0. The van der Waals surface area contributed by atoms with Crippen LogP contribution in [0.25, 0.3) is 55.7 Å². The molecule has 5 heteroatoms. The van der Waals surface area contributed by atoms with E-state index in [1.807, 2.05) is 37.6 Å². The van der Waals surface area contributed by atoms with E-state index in [-0.39, 0.29) is 0 Å². The Morgan fingerprint density at radius 3 is 1.54 bits per heavy atom. The van der Waals surface area contributed by atoms with E-state index in [1.54, 1.807) is 0 Å². The average molecular weight is 528 g/mol. The number of hydrogen-bond donors (Lipinski definition) is 0. The van der Waals surface area contributed by atoms with Crippen molar-refractivity contribution in [2.45, 2.75) is 12.8 Å². The molecule has 0 fully saturated rings. The van der Waals surface area contributed by atoms with Crippen molar-refractivity contribution in [2.24, 2.45) is 0 Å². The van der Waals surface area contributed by atoms with Crippen LogP contribution in [0.1, 0.15) is 12.0 Å². The summed E-state index contributed by atoms with van der Waals surface area (Å²) in [5, 5.41) is 4.66. The lowest BCUT2D eigenvalue weighted by Crippen LogP contribution is -2.01. The zero-order valence-corrected chi connectivity index (χ0v) is 23.1. The second-order valence-electron chi connectivity index (χ2n) is 10.5. The van der Waals surface area contributed by atoms with Gasteiger partial charge in [-0.3, -0.25) is 0 Å². The third-order valence-corrected chi connectivity index (χ3v) is 8.39. The zero-order chi connectivity index (χ0) is 26.8. The summed E-state index contributed by atoms with van der Waals surface area (Å²) in [7, 11) is -2.02. The van der Waals surface area contributed by atoms with E-state index in [1.165, 1.54) is 16.3 Å². The Morgan fingerprint density at radius 2 is 1.03 bits per heavy atom. The lowest BCUT2D eigenvalue weighted by Gasteiger charge is -2.11. The van der Waals surface area contributed by atoms with Gasteiger partial charge in [0.2, 0.25) is 0 Å². The molecule has 0 spiro atoms. The second-order valence-corrected chi connectivity index (χ2v) is 14.1. The fraction of sp³-hybridized carbons (Fsp3) is 0.147. The van der Waals surface area contributed by atoms with Gasteiger partial charge in [0.1, 0.15) is 0 Å². The molecule has 0 bridgehead atoms. The first-order chi connectivity index (χ1) is 18.9. The number of fused-ring (bicyclic) bond motifs is 2. The lowest BCUT2D eigenvalue weighted by molar-refractivity contribution is 0.580. The molecule has 1 aromatic heterocycles. The van der Waals surface area contributed by atoms with Gasteiger partial charge in [0.25, 0.3) is 0 Å². The second kappa shape index (κ2) is 10.6. The molecule has 0 N–H and O–H groups in total. The van der Waals surface area contributed by atoms with E-state index in [2.05, 4.69) is 84.9 Å². The molecule has 1 heterocycles. The SMILES string of the molecule is CP(C)(=O)CCCc1cccc(-c2nc(-c3ccc4ccccc4c3)nc(-c3ccc4ccccc4c3)n2)c1. The first kappa shape index (κ1) is 25.2. The number of rotatable bonds is 7. The van der Waals surface area contributed by atoms with Gasteiger partial charge in [-0.2, -0.15) is 0 Å². The number of nitrogens with zero attached hydrogens (tertiary/aromatic N) is 3. The fourth-order valence-electron chi connectivity index (χ4n) is 4.95. The number of aromatic nitrogens is 3. The van der Waals surface area contributed by atoms with Crippen molar-refractivity contribution in [3.8, 4) is 34.2 Å². The summed E-state index contributed by atoms with van der Waals surface area (Å²) in [5.74, 6) is 1.95. The molecule has 0 aliphatic heterocycles. The van der Waals surface area contributed by atoms with E-state index in [4.69, 9.17) is 15.0 Å². The summed E-state index contributed by atoms with van der Waals surface area (Å²) in [6.45, 7) is 3.72. The van der Waals surface area contributed by atoms with Crippen LogP contribution in [0, 0.1) is 0 Å². The van der Waals surface area contributed by atoms with Gasteiger partial charge in [0, 0.05) is 22.9 Å². The maximum absolute atomic E-state index is 12.2. The molecule has 192 valence electrons. The molecular weight excluding hydrogens is 497 g/mol. The van der Waals surface area contributed by atoms with Crippen LogP contribution >= 0.6 is 7.14 Å². The van der Waals surface area contributed by atoms with Gasteiger partial charge in [-0.15, -0.1) is 0 Å². The largest absolute Gasteiger partial charge is 0.324 e. The molecule has 0 aliphatic rings. The highest BCUT2D eigenvalue weighted by molar-refractivity contribution is 7.62. The molecule has 0 atom stereocenters. The molecule has 0 amide bonds. The van der Waals surface area contributed by atoms with Crippen molar-refractivity contribution in [1.82, 2.24) is 15.0 Å². The normalized spacial score (nSPS) is 11.7. The van der Waals surface area contributed by atoms with Gasteiger partial charge in [0.05, 0.1) is 7.14 Å². The molecule has 0 saturated carbocycles. The predicted molar refractivity (Wildman–Crippen MR) is 164 cm³/mol. The number of aryl methyl sites for hydroxylation is 1. The highest BCUT2D eigenvalue weighted by Gasteiger charge is 2.14. The first-order valence-electron chi connectivity index (χ1n) is 13.3. The smallest absolute Gasteiger partial charge is 0.164 e. The molecule has 4 nitrogen and oxygen atoms in total. The molecular formula is C34H30N3OP. The Labute approximate surface area is 229 Å². The summed E-state index contributed by atoms with van der Waals surface area (Å²) in [6.07, 6.45) is 2.52. The van der Waals surface area contributed by atoms with Crippen molar-refractivity contribution >= 4 is 28.7 Å². The molecule has 0 radical (unpaired) electrons. The molecule has 39 heavy (non-hydrogen) atoms. The molecule has 5 aromatic carbocycles. The Morgan fingerprint density at radius 1 is 0.538 bits per heavy atom. The van der Waals surface area contributed by atoms with E-state index < -0.39 is 7.14 Å². The Hall–Kier alpha value is -4.14. The van der Waals surface area contributed by atoms with Gasteiger partial charge in [-0.05, 0) is 71.5 Å². The topological polar surface area (TPSA) is 55.7 Å². The third-order valence-electron chi connectivity index (χ3n) is 7.00. The molecule has 0 saturated heterocycles. The van der Waals surface area contributed by atoms with E-state index in [0.29, 0.717) is 17.5 Å². The summed E-state index contributed by atoms with van der Waals surface area (Å²) < 4.78 is 12.2. The maximum Gasteiger partial charge on any atom is 0.164 e. The van der Waals surface area contributed by atoms with Gasteiger partial charge < -0.3 is 4.57 Å². The van der Waals surface area contributed by atoms with Crippen LogP contribution in [0.5, 0.6) is 0 Å². The van der Waals surface area contributed by atoms with Crippen LogP contribution in [0.4, 0.5) is 0 Å². The van der Waals surface area contributed by atoms with Crippen LogP contribution in [0.2, 0.25) is 0 Å². The van der Waals surface area contributed by atoms with E-state index in [9.17, 15) is 4.57 Å². The van der Waals surface area contributed by atoms with Crippen molar-refractivity contribution in [2.75, 3.05) is 19.5 Å². The van der Waals surface area contributed by atoms with Crippen LogP contribution in [-0.2, 0) is 11.0 Å². The monoisotopic (exact) mass is 527 g/mol. The van der Waals surface area contributed by atoms with Crippen LogP contribution in [-0.4, -0.2) is 34.4 Å². The van der Waals surface area contributed by atoms with Crippen LogP contribution < -0.4 is 0 Å². The van der Waals surface area contributed by atoms with Gasteiger partial charge >= 0.3 is 0 Å². The summed E-state index contributed by atoms with van der Waals surface area (Å²) in [4.78, 5) is 14.9. The first-order valence-corrected chi connectivity index (χ1v) is 16.1. The highest BCUT2D eigenvalue weighted by Crippen LogP contribution is 2.37. The molecule has 0 unspecified atom stereocenters. The Kier molecular flexibility index (Phi) is 6.81. The van der Waals surface area contributed by atoms with Crippen molar-refractivity contribution < 1.29 is 4.57 Å². The number of benzene rings is 5. The predicted octanol–water partition coefficient (Wildman–Crippen LogP) is 8.73. The zero-order valence-electron chi connectivity index (χ0n) is 22.2. The minimum Gasteiger partial charge on any atom is -0.324 e. The van der Waals surface area contributed by atoms with E-state index >= 15 is 0 Å². The highest BCUT2D eigenvalue weighted by atomic mass is 31.2. The van der Waals surface area contributed by atoms with Gasteiger partial charge in [-0.1, -0.05) is 91.0 Å². The van der Waals surface area contributed by atoms with E-state index in [0.717, 1.165) is 46.5 Å². The Bertz CT molecular complexity index is 1760. The average Bonchev–Trinajstić information content (AvgIpc) is 2.96. The van der Waals surface area contributed by atoms with Gasteiger partial charge in [-0.25, -0.2) is 15.0 Å². The minimum atomic E-state index is -2.02. The van der Waals surface area contributed by atoms with Crippen LogP contribution in [0.15, 0.2) is 109 Å². The third kappa shape index (κ3) is 5.82. The summed E-state index contributed by atoms with van der Waals surface area (Å²) >= 11 is 0. The maximum atomic E-state index is 12.2. The van der Waals surface area contributed by atoms with Gasteiger partial charge in [0.15, 0.2) is 17.5 Å². The molecule has 6 aromatic rings.